The van der Waals surface area contributed by atoms with E-state index in [9.17, 15) is 0 Å². The molecule has 1 aromatic rings. The van der Waals surface area contributed by atoms with Crippen LogP contribution in [-0.2, 0) is 6.54 Å². The average Bonchev–Trinajstić information content (AvgIpc) is 2.28. The minimum atomic E-state index is 0.942. The number of hydrogen-bond donors (Lipinski definition) is 1. The van der Waals surface area contributed by atoms with E-state index in [1.54, 1.807) is 0 Å². The lowest BCUT2D eigenvalue weighted by Crippen LogP contribution is -2.14. The Hall–Kier alpha value is -0.0300. The summed E-state index contributed by atoms with van der Waals surface area (Å²) < 4.78 is 1.21. The number of nitrogens with zero attached hydrogens (tertiary/aromatic N) is 1. The Kier molecular flexibility index (Phi) is 7.19. The van der Waals surface area contributed by atoms with E-state index >= 15 is 0 Å². The highest BCUT2D eigenvalue weighted by atomic mass is 79.9. The Morgan fingerprint density at radius 2 is 2.12 bits per heavy atom. The topological polar surface area (TPSA) is 15.3 Å². The van der Waals surface area contributed by atoms with Crippen LogP contribution in [0.3, 0.4) is 0 Å². The fourth-order valence-electron chi connectivity index (χ4n) is 1.38. The summed E-state index contributed by atoms with van der Waals surface area (Å²) in [6.07, 6.45) is 0. The summed E-state index contributed by atoms with van der Waals surface area (Å²) in [6.45, 7) is 5.19. The number of thioether (sulfide) groups is 1. The molecule has 1 N–H and O–H groups in total. The van der Waals surface area contributed by atoms with Crippen LogP contribution >= 0.6 is 27.7 Å². The van der Waals surface area contributed by atoms with E-state index in [0.29, 0.717) is 0 Å². The second-order valence-electron chi connectivity index (χ2n) is 4.20. The van der Waals surface area contributed by atoms with Crippen LogP contribution in [0.25, 0.3) is 0 Å². The quantitative estimate of drug-likeness (QED) is 0.778. The number of hydrogen-bond acceptors (Lipinski definition) is 3. The zero-order chi connectivity index (χ0) is 12.7. The minimum absolute atomic E-state index is 0.942. The predicted molar refractivity (Wildman–Crippen MR) is 80.8 cm³/mol. The van der Waals surface area contributed by atoms with Gasteiger partial charge in [-0.1, -0.05) is 13.0 Å². The molecule has 0 fully saturated rings. The van der Waals surface area contributed by atoms with Crippen LogP contribution < -0.4 is 5.32 Å². The summed E-state index contributed by atoms with van der Waals surface area (Å²) >= 11 is 5.54. The van der Waals surface area contributed by atoms with Crippen molar-refractivity contribution in [1.82, 2.24) is 10.2 Å². The summed E-state index contributed by atoms with van der Waals surface area (Å²) in [4.78, 5) is 3.53. The van der Waals surface area contributed by atoms with Crippen LogP contribution in [0.4, 0.5) is 0 Å². The summed E-state index contributed by atoms with van der Waals surface area (Å²) in [6, 6.07) is 6.61. The third-order valence-electron chi connectivity index (χ3n) is 2.37. The molecule has 0 amide bonds. The maximum Gasteiger partial charge on any atom is 0.0314 e. The third-order valence-corrected chi connectivity index (χ3v) is 4.34. The normalized spacial score (nSPS) is 11.1. The monoisotopic (exact) mass is 316 g/mol. The van der Waals surface area contributed by atoms with Crippen molar-refractivity contribution in [3.63, 3.8) is 0 Å². The Morgan fingerprint density at radius 1 is 1.35 bits per heavy atom. The molecular weight excluding hydrogens is 296 g/mol. The van der Waals surface area contributed by atoms with Gasteiger partial charge >= 0.3 is 0 Å². The summed E-state index contributed by atoms with van der Waals surface area (Å²) in [5.41, 5.74) is 1.33. The molecule has 1 rings (SSSR count). The molecule has 0 saturated heterocycles. The van der Waals surface area contributed by atoms with E-state index in [1.807, 2.05) is 11.8 Å². The first-order valence-corrected chi connectivity index (χ1v) is 7.68. The Balaban J connectivity index is 2.50. The number of nitrogens with one attached hydrogen (secondary N) is 1. The molecule has 17 heavy (non-hydrogen) atoms. The number of halogens is 1. The van der Waals surface area contributed by atoms with Crippen molar-refractivity contribution in [2.24, 2.45) is 0 Å². The van der Waals surface area contributed by atoms with Crippen LogP contribution in [-0.4, -0.2) is 37.8 Å². The molecule has 1 aromatic carbocycles. The van der Waals surface area contributed by atoms with Gasteiger partial charge in [-0.2, -0.15) is 0 Å². The lowest BCUT2D eigenvalue weighted by Gasteiger charge is -2.10. The van der Waals surface area contributed by atoms with Crippen molar-refractivity contribution in [2.75, 3.05) is 32.9 Å². The van der Waals surface area contributed by atoms with Crippen molar-refractivity contribution in [3.05, 3.63) is 28.2 Å². The first-order valence-electron chi connectivity index (χ1n) is 5.90. The fourth-order valence-corrected chi connectivity index (χ4v) is 3.19. The van der Waals surface area contributed by atoms with E-state index in [-0.39, 0.29) is 0 Å². The largest absolute Gasteiger partial charge is 0.313 e. The van der Waals surface area contributed by atoms with E-state index in [0.717, 1.165) is 25.4 Å². The number of benzene rings is 1. The molecule has 96 valence electrons. The van der Waals surface area contributed by atoms with Crippen LogP contribution in [0.15, 0.2) is 27.6 Å². The van der Waals surface area contributed by atoms with Crippen molar-refractivity contribution >= 4 is 27.7 Å². The van der Waals surface area contributed by atoms with Crippen molar-refractivity contribution in [2.45, 2.75) is 18.4 Å². The first-order chi connectivity index (χ1) is 8.13. The van der Waals surface area contributed by atoms with Crippen molar-refractivity contribution in [1.29, 1.82) is 0 Å². The summed E-state index contributed by atoms with van der Waals surface area (Å²) in [5, 5.41) is 3.34. The van der Waals surface area contributed by atoms with Crippen LogP contribution in [0.2, 0.25) is 0 Å². The zero-order valence-corrected chi connectivity index (χ0v) is 13.2. The maximum atomic E-state index is 3.64. The molecule has 2 nitrogen and oxygen atoms in total. The predicted octanol–water partition coefficient (Wildman–Crippen LogP) is 3.21. The SMILES string of the molecule is CCNCc1ccc(SCCN(C)C)c(Br)c1. The van der Waals surface area contributed by atoms with Gasteiger partial charge in [0.1, 0.15) is 0 Å². The van der Waals surface area contributed by atoms with Gasteiger partial charge in [0.2, 0.25) is 0 Å². The van der Waals surface area contributed by atoms with Gasteiger partial charge in [0.05, 0.1) is 0 Å². The Morgan fingerprint density at radius 3 is 2.71 bits per heavy atom. The van der Waals surface area contributed by atoms with E-state index < -0.39 is 0 Å². The number of rotatable bonds is 7. The summed E-state index contributed by atoms with van der Waals surface area (Å²) in [7, 11) is 4.21. The Bertz CT molecular complexity index is 342. The van der Waals surface area contributed by atoms with Gasteiger partial charge < -0.3 is 10.2 Å². The van der Waals surface area contributed by atoms with Crippen molar-refractivity contribution in [3.8, 4) is 0 Å². The molecule has 0 aliphatic heterocycles. The molecule has 0 aliphatic carbocycles. The summed E-state index contributed by atoms with van der Waals surface area (Å²) in [5.74, 6) is 1.12. The van der Waals surface area contributed by atoms with Crippen LogP contribution in [0, 0.1) is 0 Å². The van der Waals surface area contributed by atoms with E-state index in [4.69, 9.17) is 0 Å². The van der Waals surface area contributed by atoms with E-state index in [1.165, 1.54) is 14.9 Å². The molecular formula is C13H21BrN2S. The smallest absolute Gasteiger partial charge is 0.0314 e. The second-order valence-corrected chi connectivity index (χ2v) is 6.19. The molecule has 0 unspecified atom stereocenters. The highest BCUT2D eigenvalue weighted by Gasteiger charge is 2.02. The van der Waals surface area contributed by atoms with Gasteiger partial charge in [-0.15, -0.1) is 11.8 Å². The van der Waals surface area contributed by atoms with Gasteiger partial charge in [0.25, 0.3) is 0 Å². The molecule has 0 heterocycles. The van der Waals surface area contributed by atoms with Crippen molar-refractivity contribution < 1.29 is 0 Å². The van der Waals surface area contributed by atoms with Gasteiger partial charge in [0, 0.05) is 28.2 Å². The lowest BCUT2D eigenvalue weighted by atomic mass is 10.2. The molecule has 0 bridgehead atoms. The molecule has 4 heteroatoms. The van der Waals surface area contributed by atoms with Gasteiger partial charge in [0.15, 0.2) is 0 Å². The molecule has 0 aliphatic rings. The van der Waals surface area contributed by atoms with E-state index in [2.05, 4.69) is 65.4 Å². The average molecular weight is 317 g/mol. The highest BCUT2D eigenvalue weighted by Crippen LogP contribution is 2.28. The fraction of sp³-hybridized carbons (Fsp3) is 0.538. The molecule has 0 saturated carbocycles. The van der Waals surface area contributed by atoms with Gasteiger partial charge in [-0.05, 0) is 54.3 Å². The third kappa shape index (κ3) is 5.91. The lowest BCUT2D eigenvalue weighted by molar-refractivity contribution is 0.437. The zero-order valence-electron chi connectivity index (χ0n) is 10.8. The maximum absolute atomic E-state index is 3.64. The van der Waals surface area contributed by atoms with Gasteiger partial charge in [-0.3, -0.25) is 0 Å². The Labute approximate surface area is 117 Å². The first kappa shape index (κ1) is 15.0. The molecule has 0 radical (unpaired) electrons. The molecule has 0 aromatic heterocycles. The highest BCUT2D eigenvalue weighted by molar-refractivity contribution is 9.10. The molecule has 0 spiro atoms. The standard InChI is InChI=1S/C13H21BrN2S/c1-4-15-10-11-5-6-13(12(14)9-11)17-8-7-16(2)3/h5-6,9,15H,4,7-8,10H2,1-3H3. The minimum Gasteiger partial charge on any atom is -0.313 e. The van der Waals surface area contributed by atoms with Gasteiger partial charge in [-0.25, -0.2) is 0 Å². The van der Waals surface area contributed by atoms with Crippen LogP contribution in [0.1, 0.15) is 12.5 Å². The van der Waals surface area contributed by atoms with Crippen LogP contribution in [0.5, 0.6) is 0 Å². The molecule has 0 atom stereocenters. The second kappa shape index (κ2) is 8.14.